The average Bonchev–Trinajstić information content (AvgIpc) is 3.01. The van der Waals surface area contributed by atoms with Crippen LogP contribution in [-0.2, 0) is 0 Å². The third-order valence-electron chi connectivity index (χ3n) is 3.36. The fourth-order valence-electron chi connectivity index (χ4n) is 2.13. The number of amides is 2. The average molecular weight is 354 g/mol. The number of urea groups is 1. The smallest absolute Gasteiger partial charge is 0.319 e. The van der Waals surface area contributed by atoms with Crippen LogP contribution < -0.4 is 15.4 Å². The standard InChI is InChI=1S/C16H20ClN3O2S/c1-20(2)13(15-5-4-8-23-15)10-18-16(21)19-11-6-7-14(22-3)12(17)9-11/h4-9,13H,10H2,1-3H3,(H2,18,19,21)/t13-/m0/s1. The predicted octanol–water partition coefficient (Wildman–Crippen LogP) is 3.83. The Morgan fingerprint density at radius 2 is 2.17 bits per heavy atom. The number of nitrogens with zero attached hydrogens (tertiary/aromatic N) is 1. The highest BCUT2D eigenvalue weighted by Crippen LogP contribution is 2.27. The zero-order valence-corrected chi connectivity index (χ0v) is 14.9. The quantitative estimate of drug-likeness (QED) is 0.829. The molecule has 5 nitrogen and oxygen atoms in total. The maximum Gasteiger partial charge on any atom is 0.319 e. The maximum atomic E-state index is 12.1. The van der Waals surface area contributed by atoms with Gasteiger partial charge in [-0.05, 0) is 43.7 Å². The normalized spacial score (nSPS) is 12.0. The summed E-state index contributed by atoms with van der Waals surface area (Å²) in [6, 6.07) is 9.06. The van der Waals surface area contributed by atoms with Crippen molar-refractivity contribution in [2.75, 3.05) is 33.1 Å². The van der Waals surface area contributed by atoms with E-state index in [0.29, 0.717) is 23.0 Å². The number of ether oxygens (including phenoxy) is 1. The number of thiophene rings is 1. The Kier molecular flexibility index (Phi) is 6.27. The van der Waals surface area contributed by atoms with Crippen molar-refractivity contribution in [3.8, 4) is 5.75 Å². The molecule has 2 aromatic rings. The predicted molar refractivity (Wildman–Crippen MR) is 95.8 cm³/mol. The number of carbonyl (C=O) groups excluding carboxylic acids is 1. The molecule has 124 valence electrons. The van der Waals surface area contributed by atoms with E-state index in [0.717, 1.165) is 0 Å². The van der Waals surface area contributed by atoms with Crippen LogP contribution >= 0.6 is 22.9 Å². The molecule has 0 fully saturated rings. The number of halogens is 1. The number of benzene rings is 1. The summed E-state index contributed by atoms with van der Waals surface area (Å²) in [6.07, 6.45) is 0. The molecule has 0 bridgehead atoms. The fraction of sp³-hybridized carbons (Fsp3) is 0.312. The van der Waals surface area contributed by atoms with E-state index in [2.05, 4.69) is 21.6 Å². The van der Waals surface area contributed by atoms with Gasteiger partial charge in [-0.25, -0.2) is 4.79 Å². The first-order chi connectivity index (χ1) is 11.0. The lowest BCUT2D eigenvalue weighted by Gasteiger charge is -2.23. The zero-order valence-electron chi connectivity index (χ0n) is 13.3. The number of methoxy groups -OCH3 is 1. The molecular weight excluding hydrogens is 334 g/mol. The Morgan fingerprint density at radius 3 is 2.74 bits per heavy atom. The van der Waals surface area contributed by atoms with Crippen molar-refractivity contribution in [1.82, 2.24) is 10.2 Å². The molecule has 0 spiro atoms. The van der Waals surface area contributed by atoms with E-state index in [1.54, 1.807) is 36.6 Å². The summed E-state index contributed by atoms with van der Waals surface area (Å²) in [5.41, 5.74) is 0.617. The van der Waals surface area contributed by atoms with Crippen molar-refractivity contribution in [1.29, 1.82) is 0 Å². The van der Waals surface area contributed by atoms with E-state index in [9.17, 15) is 4.79 Å². The molecule has 0 radical (unpaired) electrons. The van der Waals surface area contributed by atoms with Crippen LogP contribution in [0.3, 0.4) is 0 Å². The highest BCUT2D eigenvalue weighted by Gasteiger charge is 2.16. The van der Waals surface area contributed by atoms with Crippen LogP contribution in [0.5, 0.6) is 5.75 Å². The van der Waals surface area contributed by atoms with Crippen molar-refractivity contribution in [3.63, 3.8) is 0 Å². The van der Waals surface area contributed by atoms with Gasteiger partial charge in [-0.15, -0.1) is 11.3 Å². The molecule has 0 aliphatic heterocycles. The number of hydrogen-bond acceptors (Lipinski definition) is 4. The van der Waals surface area contributed by atoms with Crippen LogP contribution in [0.15, 0.2) is 35.7 Å². The first-order valence-corrected chi connectivity index (χ1v) is 8.35. The summed E-state index contributed by atoms with van der Waals surface area (Å²) in [5.74, 6) is 0.572. The van der Waals surface area contributed by atoms with Gasteiger partial charge in [0.05, 0.1) is 18.2 Å². The molecule has 0 unspecified atom stereocenters. The molecule has 0 saturated heterocycles. The zero-order chi connectivity index (χ0) is 16.8. The third-order valence-corrected chi connectivity index (χ3v) is 4.63. The molecule has 1 heterocycles. The Bertz CT molecular complexity index is 647. The molecule has 0 aliphatic carbocycles. The third kappa shape index (κ3) is 4.86. The Labute approximate surface area is 145 Å². The van der Waals surface area contributed by atoms with Gasteiger partial charge in [0.25, 0.3) is 0 Å². The molecule has 0 aliphatic rings. The van der Waals surface area contributed by atoms with E-state index in [1.807, 2.05) is 25.5 Å². The number of carbonyl (C=O) groups is 1. The monoisotopic (exact) mass is 353 g/mol. The molecule has 2 N–H and O–H groups in total. The van der Waals surface area contributed by atoms with E-state index < -0.39 is 0 Å². The summed E-state index contributed by atoms with van der Waals surface area (Å²) < 4.78 is 5.09. The SMILES string of the molecule is COc1ccc(NC(=O)NC[C@@H](c2cccs2)N(C)C)cc1Cl. The lowest BCUT2D eigenvalue weighted by Crippen LogP contribution is -2.36. The van der Waals surface area contributed by atoms with Crippen molar-refractivity contribution < 1.29 is 9.53 Å². The number of likely N-dealkylation sites (N-methyl/N-ethyl adjacent to an activating group) is 1. The summed E-state index contributed by atoms with van der Waals surface area (Å²) in [4.78, 5) is 15.4. The molecule has 1 aromatic heterocycles. The lowest BCUT2D eigenvalue weighted by molar-refractivity contribution is 0.244. The summed E-state index contributed by atoms with van der Waals surface area (Å²) >= 11 is 7.72. The van der Waals surface area contributed by atoms with Crippen LogP contribution in [0.4, 0.5) is 10.5 Å². The lowest BCUT2D eigenvalue weighted by atomic mass is 10.2. The molecule has 23 heavy (non-hydrogen) atoms. The highest BCUT2D eigenvalue weighted by atomic mass is 35.5. The fourth-order valence-corrected chi connectivity index (χ4v) is 3.31. The maximum absolute atomic E-state index is 12.1. The van der Waals surface area contributed by atoms with Gasteiger partial charge in [0.2, 0.25) is 0 Å². The Hall–Kier alpha value is -1.76. The van der Waals surface area contributed by atoms with Gasteiger partial charge in [-0.3, -0.25) is 0 Å². The highest BCUT2D eigenvalue weighted by molar-refractivity contribution is 7.10. The molecule has 1 aromatic carbocycles. The minimum Gasteiger partial charge on any atom is -0.495 e. The summed E-state index contributed by atoms with van der Waals surface area (Å²) in [6.45, 7) is 0.517. The van der Waals surface area contributed by atoms with Crippen LogP contribution in [0.1, 0.15) is 10.9 Å². The second-order valence-electron chi connectivity index (χ2n) is 5.18. The van der Waals surface area contributed by atoms with Crippen LogP contribution in [-0.4, -0.2) is 38.7 Å². The Balaban J connectivity index is 1.93. The van der Waals surface area contributed by atoms with Gasteiger partial charge in [0.1, 0.15) is 5.75 Å². The summed E-state index contributed by atoms with van der Waals surface area (Å²) in [5, 5.41) is 8.14. The topological polar surface area (TPSA) is 53.6 Å². The molecule has 1 atom stereocenters. The Morgan fingerprint density at radius 1 is 1.39 bits per heavy atom. The van der Waals surface area contributed by atoms with Crippen LogP contribution in [0.25, 0.3) is 0 Å². The minimum atomic E-state index is -0.269. The van der Waals surface area contributed by atoms with Gasteiger partial charge >= 0.3 is 6.03 Å². The number of nitrogens with one attached hydrogen (secondary N) is 2. The molecule has 7 heteroatoms. The van der Waals surface area contributed by atoms with E-state index in [4.69, 9.17) is 16.3 Å². The second kappa shape index (κ2) is 8.19. The van der Waals surface area contributed by atoms with E-state index in [1.165, 1.54) is 4.88 Å². The first-order valence-electron chi connectivity index (χ1n) is 7.09. The van der Waals surface area contributed by atoms with Crippen molar-refractivity contribution in [2.24, 2.45) is 0 Å². The molecule has 2 amide bonds. The van der Waals surface area contributed by atoms with Crippen LogP contribution in [0.2, 0.25) is 5.02 Å². The first kappa shape index (κ1) is 17.6. The van der Waals surface area contributed by atoms with E-state index in [-0.39, 0.29) is 12.1 Å². The summed E-state index contributed by atoms with van der Waals surface area (Å²) in [7, 11) is 5.54. The number of rotatable bonds is 6. The second-order valence-corrected chi connectivity index (χ2v) is 6.57. The van der Waals surface area contributed by atoms with Crippen molar-refractivity contribution in [3.05, 3.63) is 45.6 Å². The van der Waals surface area contributed by atoms with Gasteiger partial charge in [0.15, 0.2) is 0 Å². The molecule has 2 rings (SSSR count). The largest absolute Gasteiger partial charge is 0.495 e. The number of anilines is 1. The van der Waals surface area contributed by atoms with Gasteiger partial charge in [-0.1, -0.05) is 17.7 Å². The number of hydrogen-bond donors (Lipinski definition) is 2. The van der Waals surface area contributed by atoms with Gasteiger partial charge in [-0.2, -0.15) is 0 Å². The molecular formula is C16H20ClN3O2S. The van der Waals surface area contributed by atoms with E-state index >= 15 is 0 Å². The van der Waals surface area contributed by atoms with Gasteiger partial charge in [0, 0.05) is 17.1 Å². The van der Waals surface area contributed by atoms with Crippen LogP contribution in [0, 0.1) is 0 Å². The minimum absolute atomic E-state index is 0.139. The van der Waals surface area contributed by atoms with Crippen molar-refractivity contribution in [2.45, 2.75) is 6.04 Å². The van der Waals surface area contributed by atoms with Crippen molar-refractivity contribution >= 4 is 34.7 Å². The molecule has 0 saturated carbocycles. The van der Waals surface area contributed by atoms with Gasteiger partial charge < -0.3 is 20.3 Å².